The molecule has 0 fully saturated rings. The molecule has 0 aliphatic heterocycles. The van der Waals surface area contributed by atoms with E-state index in [0.717, 1.165) is 5.56 Å². The van der Waals surface area contributed by atoms with Crippen molar-refractivity contribution in [3.63, 3.8) is 0 Å². The first kappa shape index (κ1) is 19.0. The van der Waals surface area contributed by atoms with Crippen LogP contribution in [0.15, 0.2) is 46.9 Å². The number of rotatable bonds is 6. The molecule has 28 heavy (non-hydrogen) atoms. The molecule has 0 unspecified atom stereocenters. The zero-order valence-corrected chi connectivity index (χ0v) is 15.4. The molecule has 0 aliphatic carbocycles. The molecule has 1 aromatic heterocycles. The number of ether oxygens (including phenoxy) is 2. The van der Waals surface area contributed by atoms with Gasteiger partial charge >= 0.3 is 5.97 Å². The van der Waals surface area contributed by atoms with Gasteiger partial charge in [-0.05, 0) is 38.1 Å². The van der Waals surface area contributed by atoms with Gasteiger partial charge in [-0.2, -0.15) is 0 Å². The first-order valence-electron chi connectivity index (χ1n) is 8.33. The number of aryl methyl sites for hydroxylation is 1. The number of hydrogen-bond donors (Lipinski definition) is 0. The molecule has 1 atom stereocenters. The fraction of sp³-hybridized carbons (Fsp3) is 0.211. The summed E-state index contributed by atoms with van der Waals surface area (Å²) in [6.07, 6.45) is -0.794. The van der Waals surface area contributed by atoms with E-state index in [0.29, 0.717) is 16.9 Å². The molecule has 0 amide bonds. The second-order valence-corrected chi connectivity index (χ2v) is 6.00. The van der Waals surface area contributed by atoms with E-state index in [1.54, 1.807) is 19.1 Å². The average molecular weight is 383 g/mol. The lowest BCUT2D eigenvalue weighted by atomic mass is 10.1. The van der Waals surface area contributed by atoms with E-state index in [9.17, 15) is 14.9 Å². The van der Waals surface area contributed by atoms with E-state index in [-0.39, 0.29) is 17.5 Å². The molecule has 1 heterocycles. The molecular formula is C19H17N3O6. The molecule has 0 saturated heterocycles. The summed E-state index contributed by atoms with van der Waals surface area (Å²) < 4.78 is 16.2. The molecule has 0 N–H and O–H groups in total. The number of benzene rings is 2. The number of hydrogen-bond acceptors (Lipinski definition) is 8. The van der Waals surface area contributed by atoms with Crippen LogP contribution >= 0.6 is 0 Å². The predicted molar refractivity (Wildman–Crippen MR) is 97.9 cm³/mol. The molecule has 0 bridgehead atoms. The lowest BCUT2D eigenvalue weighted by molar-refractivity contribution is -0.384. The summed E-state index contributed by atoms with van der Waals surface area (Å²) >= 11 is 0. The van der Waals surface area contributed by atoms with Crippen LogP contribution in [0.3, 0.4) is 0 Å². The number of carbonyl (C=O) groups excluding carboxylic acids is 1. The number of nitro benzene ring substituents is 1. The van der Waals surface area contributed by atoms with Gasteiger partial charge in [-0.3, -0.25) is 10.1 Å². The number of aromatic nitrogens is 2. The van der Waals surface area contributed by atoms with Crippen molar-refractivity contribution in [1.29, 1.82) is 0 Å². The van der Waals surface area contributed by atoms with Gasteiger partial charge in [0.15, 0.2) is 6.10 Å². The van der Waals surface area contributed by atoms with Crippen molar-refractivity contribution in [3.8, 4) is 17.2 Å². The van der Waals surface area contributed by atoms with Crippen LogP contribution in [-0.4, -0.2) is 28.2 Å². The Morgan fingerprint density at radius 2 is 1.89 bits per heavy atom. The van der Waals surface area contributed by atoms with Crippen molar-refractivity contribution in [2.24, 2.45) is 0 Å². The highest BCUT2D eigenvalue weighted by atomic mass is 16.6. The second-order valence-electron chi connectivity index (χ2n) is 6.00. The highest BCUT2D eigenvalue weighted by Crippen LogP contribution is 2.26. The Labute approximate surface area is 160 Å². The van der Waals surface area contributed by atoms with E-state index in [1.807, 2.05) is 13.0 Å². The first-order chi connectivity index (χ1) is 13.4. The third kappa shape index (κ3) is 3.98. The maximum Gasteiger partial charge on any atom is 0.342 e. The minimum atomic E-state index is -0.794. The topological polar surface area (TPSA) is 118 Å². The Balaban J connectivity index is 1.75. The predicted octanol–water partition coefficient (Wildman–Crippen LogP) is 3.88. The summed E-state index contributed by atoms with van der Waals surface area (Å²) in [5.74, 6) is 0.0947. The van der Waals surface area contributed by atoms with Crippen LogP contribution in [0.25, 0.3) is 11.5 Å². The number of methoxy groups -OCH3 is 1. The Kier molecular flexibility index (Phi) is 5.35. The van der Waals surface area contributed by atoms with Gasteiger partial charge in [0, 0.05) is 17.7 Å². The molecule has 0 radical (unpaired) electrons. The maximum atomic E-state index is 12.5. The van der Waals surface area contributed by atoms with Gasteiger partial charge in [-0.15, -0.1) is 10.2 Å². The van der Waals surface area contributed by atoms with Gasteiger partial charge in [0.1, 0.15) is 11.3 Å². The van der Waals surface area contributed by atoms with E-state index < -0.39 is 17.0 Å². The van der Waals surface area contributed by atoms with Crippen molar-refractivity contribution in [2.45, 2.75) is 20.0 Å². The zero-order valence-electron chi connectivity index (χ0n) is 15.4. The van der Waals surface area contributed by atoms with Crippen LogP contribution in [0.1, 0.15) is 34.8 Å². The lowest BCUT2D eigenvalue weighted by Gasteiger charge is -2.12. The summed E-state index contributed by atoms with van der Waals surface area (Å²) in [4.78, 5) is 22.7. The minimum Gasteiger partial charge on any atom is -0.496 e. The second kappa shape index (κ2) is 7.87. The van der Waals surface area contributed by atoms with Crippen molar-refractivity contribution >= 4 is 11.7 Å². The molecule has 3 aromatic rings. The van der Waals surface area contributed by atoms with Crippen LogP contribution in [0.5, 0.6) is 5.75 Å². The van der Waals surface area contributed by atoms with E-state index in [2.05, 4.69) is 10.2 Å². The minimum absolute atomic E-state index is 0.0436. The average Bonchev–Trinajstić information content (AvgIpc) is 3.18. The summed E-state index contributed by atoms with van der Waals surface area (Å²) in [7, 11) is 1.47. The molecule has 2 aromatic carbocycles. The highest BCUT2D eigenvalue weighted by Gasteiger charge is 2.22. The molecular weight excluding hydrogens is 366 g/mol. The first-order valence-corrected chi connectivity index (χ1v) is 8.33. The maximum absolute atomic E-state index is 12.5. The van der Waals surface area contributed by atoms with E-state index in [4.69, 9.17) is 13.9 Å². The quantitative estimate of drug-likeness (QED) is 0.357. The Hall–Kier alpha value is -3.75. The Morgan fingerprint density at radius 1 is 1.18 bits per heavy atom. The van der Waals surface area contributed by atoms with Gasteiger partial charge in [0.05, 0.1) is 12.0 Å². The van der Waals surface area contributed by atoms with Gasteiger partial charge in [0.25, 0.3) is 11.6 Å². The van der Waals surface area contributed by atoms with Crippen LogP contribution < -0.4 is 4.74 Å². The van der Waals surface area contributed by atoms with Gasteiger partial charge in [-0.1, -0.05) is 11.6 Å². The number of esters is 1. The molecule has 0 aliphatic rings. The van der Waals surface area contributed by atoms with Crippen molar-refractivity contribution < 1.29 is 23.6 Å². The summed E-state index contributed by atoms with van der Waals surface area (Å²) in [6.45, 7) is 3.46. The molecule has 9 heteroatoms. The zero-order chi connectivity index (χ0) is 20.3. The van der Waals surface area contributed by atoms with Crippen LogP contribution in [0.4, 0.5) is 5.69 Å². The monoisotopic (exact) mass is 383 g/mol. The van der Waals surface area contributed by atoms with Crippen molar-refractivity contribution in [1.82, 2.24) is 10.2 Å². The largest absolute Gasteiger partial charge is 0.496 e. The number of nitro groups is 1. The standard InChI is InChI=1S/C19H17N3O6/c1-11-4-9-16(26-3)15(10-11)19(23)27-12(2)17-20-21-18(28-17)13-5-7-14(8-6-13)22(24)25/h4-10,12H,1-3H3/t12-/m1/s1. The molecule has 0 saturated carbocycles. The lowest BCUT2D eigenvalue weighted by Crippen LogP contribution is -2.11. The normalized spacial score (nSPS) is 11.7. The van der Waals surface area contributed by atoms with Crippen molar-refractivity contribution in [2.75, 3.05) is 7.11 Å². The molecule has 3 rings (SSSR count). The fourth-order valence-corrected chi connectivity index (χ4v) is 2.50. The van der Waals surface area contributed by atoms with Crippen LogP contribution in [-0.2, 0) is 4.74 Å². The molecule has 0 spiro atoms. The van der Waals surface area contributed by atoms with Gasteiger partial charge < -0.3 is 13.9 Å². The smallest absolute Gasteiger partial charge is 0.342 e. The Morgan fingerprint density at radius 3 is 2.54 bits per heavy atom. The Bertz CT molecular complexity index is 1010. The molecule has 9 nitrogen and oxygen atoms in total. The van der Waals surface area contributed by atoms with Gasteiger partial charge in [0.2, 0.25) is 5.89 Å². The summed E-state index contributed by atoms with van der Waals surface area (Å²) in [6, 6.07) is 10.9. The highest BCUT2D eigenvalue weighted by molar-refractivity contribution is 5.92. The number of non-ortho nitro benzene ring substituents is 1. The van der Waals surface area contributed by atoms with E-state index in [1.165, 1.54) is 31.4 Å². The third-order valence-electron chi connectivity index (χ3n) is 3.97. The van der Waals surface area contributed by atoms with E-state index >= 15 is 0 Å². The van der Waals surface area contributed by atoms with Crippen LogP contribution in [0, 0.1) is 17.0 Å². The number of carbonyl (C=O) groups is 1. The fourth-order valence-electron chi connectivity index (χ4n) is 2.50. The van der Waals surface area contributed by atoms with Crippen molar-refractivity contribution in [3.05, 3.63) is 69.6 Å². The SMILES string of the molecule is COc1ccc(C)cc1C(=O)O[C@H](C)c1nnc(-c2ccc([N+](=O)[O-])cc2)o1. The number of nitrogens with zero attached hydrogens (tertiary/aromatic N) is 3. The van der Waals surface area contributed by atoms with Crippen LogP contribution in [0.2, 0.25) is 0 Å². The summed E-state index contributed by atoms with van der Waals surface area (Å²) in [5.41, 5.74) is 1.66. The van der Waals surface area contributed by atoms with Gasteiger partial charge in [-0.25, -0.2) is 4.79 Å². The molecule has 144 valence electrons. The third-order valence-corrected chi connectivity index (χ3v) is 3.97. The summed E-state index contributed by atoms with van der Waals surface area (Å²) in [5, 5.41) is 18.5.